The van der Waals surface area contributed by atoms with Gasteiger partial charge in [-0.1, -0.05) is 16.7 Å². The summed E-state index contributed by atoms with van der Waals surface area (Å²) in [7, 11) is -1.48. The van der Waals surface area contributed by atoms with Crippen molar-refractivity contribution in [2.24, 2.45) is 11.0 Å². The number of hydrogen-bond donors (Lipinski definition) is 0. The van der Waals surface area contributed by atoms with E-state index in [-0.39, 0.29) is 29.5 Å². The Kier molecular flexibility index (Phi) is 6.19. The summed E-state index contributed by atoms with van der Waals surface area (Å²) in [6.45, 7) is 1.91. The Morgan fingerprint density at radius 1 is 1.34 bits per heavy atom. The van der Waals surface area contributed by atoms with Crippen LogP contribution in [0.1, 0.15) is 25.3 Å². The van der Waals surface area contributed by atoms with Crippen molar-refractivity contribution in [3.05, 3.63) is 39.6 Å². The van der Waals surface area contributed by atoms with Crippen molar-refractivity contribution in [2.75, 3.05) is 25.7 Å². The van der Waals surface area contributed by atoms with Crippen LogP contribution in [-0.2, 0) is 20.1 Å². The van der Waals surface area contributed by atoms with Gasteiger partial charge in [-0.2, -0.15) is 0 Å². The number of nitrogens with zero attached hydrogens (tertiary/aromatic N) is 5. The normalized spacial score (nSPS) is 21.1. The maximum atomic E-state index is 11.4. The van der Waals surface area contributed by atoms with Crippen molar-refractivity contribution >= 4 is 32.2 Å². The summed E-state index contributed by atoms with van der Waals surface area (Å²) in [5, 5.41) is 5.53. The van der Waals surface area contributed by atoms with E-state index in [1.54, 1.807) is 25.4 Å². The molecule has 1 aliphatic rings. The summed E-state index contributed by atoms with van der Waals surface area (Å²) >= 11 is 6.11. The van der Waals surface area contributed by atoms with Crippen LogP contribution in [0.5, 0.6) is 5.88 Å². The van der Waals surface area contributed by atoms with Crippen molar-refractivity contribution in [3.8, 4) is 5.88 Å². The van der Waals surface area contributed by atoms with Gasteiger partial charge < -0.3 is 9.47 Å². The van der Waals surface area contributed by atoms with Crippen LogP contribution in [0.4, 0.5) is 0 Å². The fraction of sp³-hybridized carbons (Fsp3) is 0.556. The zero-order valence-electron chi connectivity index (χ0n) is 16.4. The minimum absolute atomic E-state index is 0.100. The fourth-order valence-corrected chi connectivity index (χ4v) is 4.93. The molecular formula is C18H22ClN5O4S. The van der Waals surface area contributed by atoms with Crippen LogP contribution < -0.4 is 4.74 Å². The van der Waals surface area contributed by atoms with E-state index in [1.807, 2.05) is 0 Å². The number of rotatable bonds is 8. The molecule has 0 bridgehead atoms. The van der Waals surface area contributed by atoms with Gasteiger partial charge in [-0.25, -0.2) is 18.4 Å². The lowest BCUT2D eigenvalue weighted by molar-refractivity contribution is 0.0724. The van der Waals surface area contributed by atoms with Crippen molar-refractivity contribution in [1.29, 1.82) is 0 Å². The number of sulfone groups is 1. The van der Waals surface area contributed by atoms with Gasteiger partial charge in [0.15, 0.2) is 0 Å². The van der Waals surface area contributed by atoms with Gasteiger partial charge in [0.05, 0.1) is 23.3 Å². The number of methoxy groups -OCH3 is 1. The first kappa shape index (κ1) is 21.6. The second kappa shape index (κ2) is 8.31. The van der Waals surface area contributed by atoms with Gasteiger partial charge in [0.2, 0.25) is 5.88 Å². The summed E-state index contributed by atoms with van der Waals surface area (Å²) in [4.78, 5) is 11.5. The highest BCUT2D eigenvalue weighted by molar-refractivity contribution is 7.90. The molecule has 2 aromatic heterocycles. The highest BCUT2D eigenvalue weighted by Crippen LogP contribution is 2.38. The van der Waals surface area contributed by atoms with Gasteiger partial charge in [-0.15, -0.1) is 0 Å². The third-order valence-corrected chi connectivity index (χ3v) is 6.27. The molecule has 2 heterocycles. The molecule has 29 heavy (non-hydrogen) atoms. The molecule has 3 rings (SSSR count). The van der Waals surface area contributed by atoms with Gasteiger partial charge in [-0.3, -0.25) is 0 Å². The zero-order valence-corrected chi connectivity index (χ0v) is 17.9. The lowest BCUT2D eigenvalue weighted by Crippen LogP contribution is -2.37. The molecule has 1 saturated carbocycles. The van der Waals surface area contributed by atoms with Crippen molar-refractivity contribution in [2.45, 2.75) is 31.4 Å². The second-order valence-corrected chi connectivity index (χ2v) is 10.2. The van der Waals surface area contributed by atoms with Gasteiger partial charge in [0.25, 0.3) is 0 Å². The predicted octanol–water partition coefficient (Wildman–Crippen LogP) is 3.66. The first-order valence-electron chi connectivity index (χ1n) is 8.99. The molecule has 0 saturated heterocycles. The maximum Gasteiger partial charge on any atom is 0.223 e. The summed E-state index contributed by atoms with van der Waals surface area (Å²) < 4.78 is 34.1. The van der Waals surface area contributed by atoms with E-state index < -0.39 is 15.4 Å². The zero-order chi connectivity index (χ0) is 21.2. The standard InChI is InChI=1S/C18H22ClN5O4S/c1-18(10-27-2,23-24-20)15-8-22-17(14-7-21-16(19)6-13(14)15)28-12-4-11(5-12)9-29(3,25)26/h6-8,11-12H,4-5,9-10H2,1-3H3/t11-,12-,18?. The van der Waals surface area contributed by atoms with Gasteiger partial charge in [-0.05, 0) is 48.2 Å². The minimum atomic E-state index is -3.00. The molecule has 1 unspecified atom stereocenters. The fourth-order valence-electron chi connectivity index (χ4n) is 3.64. The third-order valence-electron chi connectivity index (χ3n) is 4.98. The second-order valence-electron chi connectivity index (χ2n) is 7.60. The van der Waals surface area contributed by atoms with E-state index in [0.717, 1.165) is 0 Å². The molecule has 0 amide bonds. The van der Waals surface area contributed by atoms with Crippen molar-refractivity contribution in [3.63, 3.8) is 0 Å². The van der Waals surface area contributed by atoms with E-state index in [1.165, 1.54) is 13.4 Å². The molecule has 2 aromatic rings. The average molecular weight is 440 g/mol. The molecule has 1 aliphatic carbocycles. The molecule has 0 spiro atoms. The van der Waals surface area contributed by atoms with Gasteiger partial charge in [0.1, 0.15) is 21.1 Å². The highest BCUT2D eigenvalue weighted by Gasteiger charge is 2.34. The first-order valence-corrected chi connectivity index (χ1v) is 11.4. The molecule has 11 heteroatoms. The predicted molar refractivity (Wildman–Crippen MR) is 110 cm³/mol. The molecule has 9 nitrogen and oxygen atoms in total. The summed E-state index contributed by atoms with van der Waals surface area (Å²) in [5.41, 5.74) is 8.67. The number of fused-ring (bicyclic) bond motifs is 1. The number of azide groups is 1. The quantitative estimate of drug-likeness (QED) is 0.267. The SMILES string of the molecule is COCC(C)(N=[N+]=[N-])c1cnc(O[C@H]2C[C@H](CS(C)(=O)=O)C2)c2cnc(Cl)cc12. The van der Waals surface area contributed by atoms with Crippen LogP contribution in [0.25, 0.3) is 21.2 Å². The Morgan fingerprint density at radius 3 is 2.69 bits per heavy atom. The van der Waals surface area contributed by atoms with E-state index in [0.29, 0.717) is 35.1 Å². The first-order chi connectivity index (χ1) is 13.6. The van der Waals surface area contributed by atoms with Gasteiger partial charge >= 0.3 is 0 Å². The molecule has 0 radical (unpaired) electrons. The number of aromatic nitrogens is 2. The maximum absolute atomic E-state index is 11.4. The molecule has 0 N–H and O–H groups in total. The Balaban J connectivity index is 1.93. The van der Waals surface area contributed by atoms with Gasteiger partial charge in [0, 0.05) is 30.7 Å². The molecule has 0 aromatic carbocycles. The van der Waals surface area contributed by atoms with Crippen molar-refractivity contribution < 1.29 is 17.9 Å². The van der Waals surface area contributed by atoms with Crippen molar-refractivity contribution in [1.82, 2.24) is 9.97 Å². The van der Waals surface area contributed by atoms with Crippen LogP contribution in [0.2, 0.25) is 5.15 Å². The average Bonchev–Trinajstić information content (AvgIpc) is 2.58. The Bertz CT molecular complexity index is 1070. The lowest BCUT2D eigenvalue weighted by Gasteiger charge is -2.35. The van der Waals surface area contributed by atoms with Crippen LogP contribution in [0.3, 0.4) is 0 Å². The van der Waals surface area contributed by atoms with Crippen LogP contribution in [0, 0.1) is 5.92 Å². The monoisotopic (exact) mass is 439 g/mol. The van der Waals surface area contributed by atoms with E-state index in [9.17, 15) is 8.42 Å². The van der Waals surface area contributed by atoms with E-state index in [2.05, 4.69) is 20.0 Å². The Labute approximate surface area is 173 Å². The largest absolute Gasteiger partial charge is 0.474 e. The smallest absolute Gasteiger partial charge is 0.223 e. The molecule has 0 aliphatic heterocycles. The summed E-state index contributed by atoms with van der Waals surface area (Å²) in [5.74, 6) is 0.651. The Morgan fingerprint density at radius 2 is 2.07 bits per heavy atom. The number of hydrogen-bond acceptors (Lipinski definition) is 7. The number of pyridine rings is 2. The van der Waals surface area contributed by atoms with Crippen LogP contribution in [-0.4, -0.2) is 50.2 Å². The highest BCUT2D eigenvalue weighted by atomic mass is 35.5. The third kappa shape index (κ3) is 4.90. The molecule has 1 fully saturated rings. The number of ether oxygens (including phenoxy) is 2. The minimum Gasteiger partial charge on any atom is -0.474 e. The lowest BCUT2D eigenvalue weighted by atomic mass is 9.84. The topological polar surface area (TPSA) is 127 Å². The van der Waals surface area contributed by atoms with Crippen LogP contribution >= 0.6 is 11.6 Å². The van der Waals surface area contributed by atoms with Crippen LogP contribution in [0.15, 0.2) is 23.6 Å². The molecule has 1 atom stereocenters. The van der Waals surface area contributed by atoms with E-state index in [4.69, 9.17) is 26.6 Å². The number of halogens is 1. The summed E-state index contributed by atoms with van der Waals surface area (Å²) in [6, 6.07) is 1.68. The summed E-state index contributed by atoms with van der Waals surface area (Å²) in [6.07, 6.45) is 5.60. The molecular weight excluding hydrogens is 418 g/mol. The van der Waals surface area contributed by atoms with E-state index >= 15 is 0 Å². The molecule has 156 valence electrons. The Hall–Kier alpha value is -2.13.